The average Bonchev–Trinajstić information content (AvgIpc) is 2.72. The molecule has 0 aliphatic rings. The molecule has 1 N–H and O–H groups in total. The highest BCUT2D eigenvalue weighted by molar-refractivity contribution is 5.92. The molecule has 1 amide bonds. The maximum Gasteiger partial charge on any atom is 0.274 e. The van der Waals surface area contributed by atoms with Crippen molar-refractivity contribution in [3.63, 3.8) is 0 Å². The standard InChI is InChI=1S/C21H23N5O/c1-16(2)26(15-18-6-4-3-5-7-18)21(27)19-8-9-20(25-24-19)23-14-17-10-12-22-13-11-17/h3-13,16H,14-15H2,1-2H3,(H,23,25). The third kappa shape index (κ3) is 5.10. The van der Waals surface area contributed by atoms with Gasteiger partial charge in [0.05, 0.1) is 0 Å². The number of nitrogens with zero attached hydrogens (tertiary/aromatic N) is 4. The molecule has 0 radical (unpaired) electrons. The van der Waals surface area contributed by atoms with Crippen molar-refractivity contribution < 1.29 is 4.79 Å². The number of pyridine rings is 1. The summed E-state index contributed by atoms with van der Waals surface area (Å²) >= 11 is 0. The molecule has 3 rings (SSSR count). The van der Waals surface area contributed by atoms with E-state index in [1.54, 1.807) is 29.4 Å². The van der Waals surface area contributed by atoms with Gasteiger partial charge < -0.3 is 10.2 Å². The van der Waals surface area contributed by atoms with Crippen molar-refractivity contribution in [2.24, 2.45) is 0 Å². The number of amides is 1. The Kier molecular flexibility index (Phi) is 6.10. The van der Waals surface area contributed by atoms with Gasteiger partial charge in [0.2, 0.25) is 0 Å². The summed E-state index contributed by atoms with van der Waals surface area (Å²) in [5.74, 6) is 0.504. The van der Waals surface area contributed by atoms with Gasteiger partial charge in [-0.1, -0.05) is 30.3 Å². The molecule has 2 aromatic heterocycles. The highest BCUT2D eigenvalue weighted by Crippen LogP contribution is 2.13. The van der Waals surface area contributed by atoms with Gasteiger partial charge in [-0.3, -0.25) is 9.78 Å². The van der Waals surface area contributed by atoms with Crippen molar-refractivity contribution in [3.8, 4) is 0 Å². The van der Waals surface area contributed by atoms with E-state index in [-0.39, 0.29) is 11.9 Å². The zero-order chi connectivity index (χ0) is 19.1. The second-order valence-electron chi connectivity index (χ2n) is 6.53. The molecule has 0 aliphatic carbocycles. The minimum atomic E-state index is -0.123. The van der Waals surface area contributed by atoms with Crippen molar-refractivity contribution >= 4 is 11.7 Å². The molecule has 6 nitrogen and oxygen atoms in total. The Bertz CT molecular complexity index is 851. The van der Waals surface area contributed by atoms with Crippen LogP contribution in [0.5, 0.6) is 0 Å². The Labute approximate surface area is 159 Å². The molecule has 0 fully saturated rings. The third-order valence-corrected chi connectivity index (χ3v) is 4.19. The first-order valence-corrected chi connectivity index (χ1v) is 8.95. The van der Waals surface area contributed by atoms with Gasteiger partial charge in [0, 0.05) is 31.5 Å². The molecular formula is C21H23N5O. The molecule has 0 bridgehead atoms. The molecule has 0 atom stereocenters. The fourth-order valence-electron chi connectivity index (χ4n) is 2.65. The van der Waals surface area contributed by atoms with Crippen molar-refractivity contribution in [2.45, 2.75) is 33.0 Å². The molecule has 138 valence electrons. The second kappa shape index (κ2) is 8.89. The van der Waals surface area contributed by atoms with E-state index >= 15 is 0 Å². The number of carbonyl (C=O) groups is 1. The molecule has 0 saturated carbocycles. The molecule has 0 unspecified atom stereocenters. The summed E-state index contributed by atoms with van der Waals surface area (Å²) in [4.78, 5) is 18.7. The molecule has 0 aliphatic heterocycles. The predicted octanol–water partition coefficient (Wildman–Crippen LogP) is 3.53. The van der Waals surface area contributed by atoms with Crippen LogP contribution >= 0.6 is 0 Å². The van der Waals surface area contributed by atoms with Crippen LogP contribution in [-0.2, 0) is 13.1 Å². The minimum absolute atomic E-state index is 0.0593. The van der Waals surface area contributed by atoms with Crippen LogP contribution in [0.1, 0.15) is 35.5 Å². The third-order valence-electron chi connectivity index (χ3n) is 4.19. The Morgan fingerprint density at radius 3 is 2.33 bits per heavy atom. The van der Waals surface area contributed by atoms with Crippen LogP contribution in [0.25, 0.3) is 0 Å². The summed E-state index contributed by atoms with van der Waals surface area (Å²) in [5.41, 5.74) is 2.53. The van der Waals surface area contributed by atoms with Crippen LogP contribution in [0.4, 0.5) is 5.82 Å². The number of rotatable bonds is 7. The zero-order valence-corrected chi connectivity index (χ0v) is 15.5. The maximum atomic E-state index is 12.9. The largest absolute Gasteiger partial charge is 0.365 e. The zero-order valence-electron chi connectivity index (χ0n) is 15.5. The van der Waals surface area contributed by atoms with Gasteiger partial charge in [0.15, 0.2) is 5.69 Å². The number of benzene rings is 1. The van der Waals surface area contributed by atoms with Crippen LogP contribution in [0.2, 0.25) is 0 Å². The van der Waals surface area contributed by atoms with Gasteiger partial charge in [0.25, 0.3) is 5.91 Å². The monoisotopic (exact) mass is 361 g/mol. The van der Waals surface area contributed by atoms with E-state index in [4.69, 9.17) is 0 Å². The van der Waals surface area contributed by atoms with E-state index in [0.717, 1.165) is 11.1 Å². The Balaban J connectivity index is 1.66. The smallest absolute Gasteiger partial charge is 0.274 e. The van der Waals surface area contributed by atoms with Crippen LogP contribution < -0.4 is 5.32 Å². The van der Waals surface area contributed by atoms with Gasteiger partial charge >= 0.3 is 0 Å². The fourth-order valence-corrected chi connectivity index (χ4v) is 2.65. The molecule has 3 aromatic rings. The maximum absolute atomic E-state index is 12.9. The van der Waals surface area contributed by atoms with Crippen molar-refractivity contribution in [1.82, 2.24) is 20.1 Å². The molecular weight excluding hydrogens is 338 g/mol. The number of hydrogen-bond acceptors (Lipinski definition) is 5. The molecule has 0 saturated heterocycles. The normalized spacial score (nSPS) is 10.6. The van der Waals surface area contributed by atoms with E-state index < -0.39 is 0 Å². The van der Waals surface area contributed by atoms with Crippen LogP contribution in [-0.4, -0.2) is 32.0 Å². The lowest BCUT2D eigenvalue weighted by Crippen LogP contribution is -2.37. The summed E-state index contributed by atoms with van der Waals surface area (Å²) in [7, 11) is 0. The summed E-state index contributed by atoms with van der Waals surface area (Å²) in [6.07, 6.45) is 3.50. The summed E-state index contributed by atoms with van der Waals surface area (Å²) in [6.45, 7) is 5.16. The minimum Gasteiger partial charge on any atom is -0.365 e. The van der Waals surface area contributed by atoms with Crippen molar-refractivity contribution in [1.29, 1.82) is 0 Å². The average molecular weight is 361 g/mol. The van der Waals surface area contributed by atoms with Gasteiger partial charge in [-0.25, -0.2) is 0 Å². The lowest BCUT2D eigenvalue weighted by atomic mass is 10.1. The highest BCUT2D eigenvalue weighted by atomic mass is 16.2. The Hall–Kier alpha value is -3.28. The molecule has 0 spiro atoms. The van der Waals surface area contributed by atoms with E-state index in [1.165, 1.54) is 0 Å². The van der Waals surface area contributed by atoms with Crippen LogP contribution in [0.15, 0.2) is 67.0 Å². The predicted molar refractivity (Wildman–Crippen MR) is 105 cm³/mol. The van der Waals surface area contributed by atoms with Gasteiger partial charge in [-0.15, -0.1) is 10.2 Å². The second-order valence-corrected chi connectivity index (χ2v) is 6.53. The Morgan fingerprint density at radius 1 is 0.963 bits per heavy atom. The number of anilines is 1. The van der Waals surface area contributed by atoms with Gasteiger partial charge in [-0.2, -0.15) is 0 Å². The Morgan fingerprint density at radius 2 is 1.70 bits per heavy atom. The molecule has 1 aromatic carbocycles. The fraction of sp³-hybridized carbons (Fsp3) is 0.238. The molecule has 2 heterocycles. The number of hydrogen-bond donors (Lipinski definition) is 1. The van der Waals surface area contributed by atoms with E-state index in [0.29, 0.717) is 24.6 Å². The molecule has 6 heteroatoms. The highest BCUT2D eigenvalue weighted by Gasteiger charge is 2.20. The topological polar surface area (TPSA) is 71.0 Å². The number of carbonyl (C=O) groups excluding carboxylic acids is 1. The van der Waals surface area contributed by atoms with E-state index in [2.05, 4.69) is 20.5 Å². The lowest BCUT2D eigenvalue weighted by Gasteiger charge is -2.26. The quantitative estimate of drug-likeness (QED) is 0.697. The summed E-state index contributed by atoms with van der Waals surface area (Å²) in [5, 5.41) is 11.5. The van der Waals surface area contributed by atoms with Gasteiger partial charge in [0.1, 0.15) is 5.82 Å². The van der Waals surface area contributed by atoms with Crippen molar-refractivity contribution in [2.75, 3.05) is 5.32 Å². The van der Waals surface area contributed by atoms with Crippen LogP contribution in [0.3, 0.4) is 0 Å². The first-order chi connectivity index (χ1) is 13.1. The summed E-state index contributed by atoms with van der Waals surface area (Å²) < 4.78 is 0. The first kappa shape index (κ1) is 18.5. The van der Waals surface area contributed by atoms with Crippen LogP contribution in [0, 0.1) is 0 Å². The first-order valence-electron chi connectivity index (χ1n) is 8.95. The number of nitrogens with one attached hydrogen (secondary N) is 1. The van der Waals surface area contributed by atoms with E-state index in [9.17, 15) is 4.79 Å². The SMILES string of the molecule is CC(C)N(Cc1ccccc1)C(=O)c1ccc(NCc2ccncc2)nn1. The lowest BCUT2D eigenvalue weighted by molar-refractivity contribution is 0.0683. The molecule has 27 heavy (non-hydrogen) atoms. The van der Waals surface area contributed by atoms with Crippen molar-refractivity contribution in [3.05, 3.63) is 83.8 Å². The van der Waals surface area contributed by atoms with E-state index in [1.807, 2.05) is 56.3 Å². The van der Waals surface area contributed by atoms with Gasteiger partial charge in [-0.05, 0) is 49.2 Å². The summed E-state index contributed by atoms with van der Waals surface area (Å²) in [6, 6.07) is 17.4. The number of aromatic nitrogens is 3.